The molecule has 0 aliphatic carbocycles. The van der Waals surface area contributed by atoms with Crippen LogP contribution in [0.25, 0.3) is 0 Å². The first-order chi connectivity index (χ1) is 11.3. The Bertz CT molecular complexity index is 745. The minimum atomic E-state index is -0.332. The fourth-order valence-electron chi connectivity index (χ4n) is 2.15. The molecule has 2 rings (SSSR count). The lowest BCUT2D eigenvalue weighted by Crippen LogP contribution is -2.36. The van der Waals surface area contributed by atoms with Crippen molar-refractivity contribution < 1.29 is 9.59 Å². The van der Waals surface area contributed by atoms with Gasteiger partial charge in [-0.3, -0.25) is 9.59 Å². The van der Waals surface area contributed by atoms with E-state index in [-0.39, 0.29) is 18.4 Å². The average molecular weight is 365 g/mol. The first-order valence-corrected chi connectivity index (χ1v) is 8.16. The van der Waals surface area contributed by atoms with E-state index in [1.165, 1.54) is 11.8 Å². The molecule has 126 valence electrons. The molecule has 0 atom stereocenters. The summed E-state index contributed by atoms with van der Waals surface area (Å²) in [5, 5.41) is 3.54. The molecule has 0 aliphatic rings. The zero-order valence-electron chi connectivity index (χ0n) is 13.5. The summed E-state index contributed by atoms with van der Waals surface area (Å²) < 4.78 is 0. The number of amides is 2. The third kappa shape index (κ3) is 5.25. The van der Waals surface area contributed by atoms with Gasteiger partial charge in [0, 0.05) is 18.5 Å². The Morgan fingerprint density at radius 3 is 2.38 bits per heavy atom. The molecule has 0 aliphatic heterocycles. The van der Waals surface area contributed by atoms with Crippen LogP contribution >= 0.6 is 23.2 Å². The Morgan fingerprint density at radius 2 is 1.75 bits per heavy atom. The molecule has 2 amide bonds. The van der Waals surface area contributed by atoms with E-state index in [0.29, 0.717) is 22.3 Å². The van der Waals surface area contributed by atoms with Gasteiger partial charge in [-0.1, -0.05) is 53.0 Å². The second-order valence-electron chi connectivity index (χ2n) is 5.53. The molecule has 24 heavy (non-hydrogen) atoms. The third-order valence-electron chi connectivity index (χ3n) is 3.48. The van der Waals surface area contributed by atoms with Gasteiger partial charge in [0.15, 0.2) is 0 Å². The second kappa shape index (κ2) is 8.18. The van der Waals surface area contributed by atoms with Gasteiger partial charge in [0.1, 0.15) is 6.54 Å². The second-order valence-corrected chi connectivity index (χ2v) is 6.38. The quantitative estimate of drug-likeness (QED) is 0.859. The molecule has 6 heteroatoms. The molecule has 4 nitrogen and oxygen atoms in total. The number of carbonyl (C=O) groups excluding carboxylic acids is 2. The highest BCUT2D eigenvalue weighted by atomic mass is 35.5. The molecular weight excluding hydrogens is 347 g/mol. The number of hydrogen-bond acceptors (Lipinski definition) is 2. The third-order valence-corrected chi connectivity index (χ3v) is 4.04. The number of benzene rings is 2. The summed E-state index contributed by atoms with van der Waals surface area (Å²) in [7, 11) is 0. The Labute approximate surface area is 151 Å². The van der Waals surface area contributed by atoms with Crippen molar-refractivity contribution in [1.82, 2.24) is 4.90 Å². The molecule has 0 heterocycles. The molecule has 1 N–H and O–H groups in total. The molecule has 0 radical (unpaired) electrons. The van der Waals surface area contributed by atoms with Gasteiger partial charge in [-0.15, -0.1) is 0 Å². The van der Waals surface area contributed by atoms with Gasteiger partial charge >= 0.3 is 0 Å². The normalized spacial score (nSPS) is 10.3. The van der Waals surface area contributed by atoms with E-state index in [2.05, 4.69) is 5.32 Å². The van der Waals surface area contributed by atoms with E-state index in [9.17, 15) is 9.59 Å². The summed E-state index contributed by atoms with van der Waals surface area (Å²) >= 11 is 11.9. The standard InChI is InChI=1S/C18H18Cl2N2O2/c1-12-3-5-14(6-4-12)10-22(13(2)23)11-18(24)21-17-9-15(19)7-8-16(17)20/h3-9H,10-11H2,1-2H3,(H,21,24). The van der Waals surface area contributed by atoms with Crippen LogP contribution in [0.3, 0.4) is 0 Å². The van der Waals surface area contributed by atoms with Gasteiger partial charge < -0.3 is 10.2 Å². The van der Waals surface area contributed by atoms with Crippen LogP contribution in [0.15, 0.2) is 42.5 Å². The summed E-state index contributed by atoms with van der Waals surface area (Å²) in [6.07, 6.45) is 0. The van der Waals surface area contributed by atoms with Crippen LogP contribution in [0.1, 0.15) is 18.1 Å². The molecule has 0 spiro atoms. The predicted molar refractivity (Wildman–Crippen MR) is 97.4 cm³/mol. The van der Waals surface area contributed by atoms with E-state index in [4.69, 9.17) is 23.2 Å². The Hall–Kier alpha value is -2.04. The number of nitrogens with one attached hydrogen (secondary N) is 1. The van der Waals surface area contributed by atoms with Crippen molar-refractivity contribution in [2.24, 2.45) is 0 Å². The molecule has 0 saturated heterocycles. The lowest BCUT2D eigenvalue weighted by atomic mass is 10.1. The molecule has 0 unspecified atom stereocenters. The Kier molecular flexibility index (Phi) is 6.23. The summed E-state index contributed by atoms with van der Waals surface area (Å²) in [4.78, 5) is 25.5. The number of carbonyl (C=O) groups is 2. The van der Waals surface area contributed by atoms with Crippen LogP contribution in [0, 0.1) is 6.92 Å². The largest absolute Gasteiger partial charge is 0.329 e. The summed E-state index contributed by atoms with van der Waals surface area (Å²) in [5.41, 5.74) is 2.53. The monoisotopic (exact) mass is 364 g/mol. The average Bonchev–Trinajstić information content (AvgIpc) is 2.52. The summed E-state index contributed by atoms with van der Waals surface area (Å²) in [6, 6.07) is 12.6. The molecule has 2 aromatic rings. The Morgan fingerprint density at radius 1 is 1.08 bits per heavy atom. The van der Waals surface area contributed by atoms with E-state index < -0.39 is 0 Å². The number of anilines is 1. The maximum Gasteiger partial charge on any atom is 0.244 e. The van der Waals surface area contributed by atoms with Crippen LogP contribution < -0.4 is 5.32 Å². The summed E-state index contributed by atoms with van der Waals surface area (Å²) in [5.74, 6) is -0.510. The fraction of sp³-hybridized carbons (Fsp3) is 0.222. The highest BCUT2D eigenvalue weighted by Crippen LogP contribution is 2.25. The zero-order chi connectivity index (χ0) is 17.7. The van der Waals surface area contributed by atoms with Gasteiger partial charge in [0.25, 0.3) is 0 Å². The molecule has 0 bridgehead atoms. The van der Waals surface area contributed by atoms with Crippen LogP contribution in [0.5, 0.6) is 0 Å². The van der Waals surface area contributed by atoms with Crippen LogP contribution in [-0.4, -0.2) is 23.3 Å². The topological polar surface area (TPSA) is 49.4 Å². The van der Waals surface area contributed by atoms with Crippen LogP contribution in [0.4, 0.5) is 5.69 Å². The van der Waals surface area contributed by atoms with Gasteiger partial charge in [0.05, 0.1) is 10.7 Å². The number of hydrogen-bond donors (Lipinski definition) is 1. The molecule has 0 saturated carbocycles. The van der Waals surface area contributed by atoms with Gasteiger partial charge in [0.2, 0.25) is 11.8 Å². The van der Waals surface area contributed by atoms with Crippen molar-refractivity contribution in [1.29, 1.82) is 0 Å². The van der Waals surface area contributed by atoms with Crippen molar-refractivity contribution >= 4 is 40.7 Å². The number of rotatable bonds is 5. The molecular formula is C18H18Cl2N2O2. The van der Waals surface area contributed by atoms with E-state index in [0.717, 1.165) is 11.1 Å². The van der Waals surface area contributed by atoms with Crippen molar-refractivity contribution in [2.75, 3.05) is 11.9 Å². The minimum Gasteiger partial charge on any atom is -0.329 e. The van der Waals surface area contributed by atoms with E-state index in [1.54, 1.807) is 18.2 Å². The lowest BCUT2D eigenvalue weighted by Gasteiger charge is -2.21. The first-order valence-electron chi connectivity index (χ1n) is 7.41. The highest BCUT2D eigenvalue weighted by Gasteiger charge is 2.15. The van der Waals surface area contributed by atoms with Gasteiger partial charge in [-0.05, 0) is 30.7 Å². The molecule has 2 aromatic carbocycles. The molecule has 0 fully saturated rings. The summed E-state index contributed by atoms with van der Waals surface area (Å²) in [6.45, 7) is 3.74. The van der Waals surface area contributed by atoms with E-state index >= 15 is 0 Å². The Balaban J connectivity index is 2.04. The van der Waals surface area contributed by atoms with E-state index in [1.807, 2.05) is 31.2 Å². The van der Waals surface area contributed by atoms with Crippen LogP contribution in [0.2, 0.25) is 10.0 Å². The minimum absolute atomic E-state index is 0.0634. The number of nitrogens with zero attached hydrogens (tertiary/aromatic N) is 1. The number of aryl methyl sites for hydroxylation is 1. The zero-order valence-corrected chi connectivity index (χ0v) is 15.0. The van der Waals surface area contributed by atoms with Gasteiger partial charge in [-0.2, -0.15) is 0 Å². The fourth-order valence-corrected chi connectivity index (χ4v) is 2.49. The highest BCUT2D eigenvalue weighted by molar-refractivity contribution is 6.35. The maximum absolute atomic E-state index is 12.2. The van der Waals surface area contributed by atoms with Crippen molar-refractivity contribution in [2.45, 2.75) is 20.4 Å². The smallest absolute Gasteiger partial charge is 0.244 e. The van der Waals surface area contributed by atoms with Crippen molar-refractivity contribution in [3.8, 4) is 0 Å². The van der Waals surface area contributed by atoms with Crippen LogP contribution in [-0.2, 0) is 16.1 Å². The van der Waals surface area contributed by atoms with Gasteiger partial charge in [-0.25, -0.2) is 0 Å². The van der Waals surface area contributed by atoms with Crippen molar-refractivity contribution in [3.63, 3.8) is 0 Å². The molecule has 0 aromatic heterocycles. The lowest BCUT2D eigenvalue weighted by molar-refractivity contribution is -0.133. The maximum atomic E-state index is 12.2. The predicted octanol–water partition coefficient (Wildman–Crippen LogP) is 4.29. The first kappa shape index (κ1) is 18.3. The van der Waals surface area contributed by atoms with Crippen molar-refractivity contribution in [3.05, 3.63) is 63.6 Å². The SMILES string of the molecule is CC(=O)N(CC(=O)Nc1cc(Cl)ccc1Cl)Cc1ccc(C)cc1. The number of halogens is 2.